The van der Waals surface area contributed by atoms with E-state index in [-0.39, 0.29) is 0 Å². The first-order chi connectivity index (χ1) is 4.27. The van der Waals surface area contributed by atoms with E-state index in [1.807, 2.05) is 0 Å². The van der Waals surface area contributed by atoms with Gasteiger partial charge in [-0.3, -0.25) is 0 Å². The Labute approximate surface area is 54.3 Å². The van der Waals surface area contributed by atoms with Crippen molar-refractivity contribution < 1.29 is 4.74 Å². The van der Waals surface area contributed by atoms with E-state index < -0.39 is 0 Å². The maximum absolute atomic E-state index is 5.15. The summed E-state index contributed by atoms with van der Waals surface area (Å²) in [5.41, 5.74) is 2.54. The van der Waals surface area contributed by atoms with Crippen LogP contribution in [0.25, 0.3) is 0 Å². The summed E-state index contributed by atoms with van der Waals surface area (Å²) in [5, 5.41) is 0. The van der Waals surface area contributed by atoms with Crippen molar-refractivity contribution in [3.8, 4) is 11.5 Å². The van der Waals surface area contributed by atoms with E-state index >= 15 is 0 Å². The predicted octanol–water partition coefficient (Wildman–Crippen LogP) is 2.41. The summed E-state index contributed by atoms with van der Waals surface area (Å²) < 4.78 is 5.15. The van der Waals surface area contributed by atoms with Crippen LogP contribution in [0.15, 0.2) is 12.1 Å². The van der Waals surface area contributed by atoms with Crippen LogP contribution >= 0.6 is 0 Å². The molecule has 0 bridgehead atoms. The maximum Gasteiger partial charge on any atom is 0.173 e. The van der Waals surface area contributed by atoms with E-state index in [9.17, 15) is 0 Å². The molecule has 0 saturated heterocycles. The second kappa shape index (κ2) is 1.29. The molecule has 9 heavy (non-hydrogen) atoms. The molecular formula is C8H8O. The molecule has 1 aromatic rings. The second-order valence-electron chi connectivity index (χ2n) is 2.51. The van der Waals surface area contributed by atoms with Gasteiger partial charge in [-0.05, 0) is 31.0 Å². The van der Waals surface area contributed by atoms with E-state index in [0.29, 0.717) is 0 Å². The van der Waals surface area contributed by atoms with Crippen LogP contribution in [0.2, 0.25) is 0 Å². The average Bonchev–Trinajstić information content (AvgIpc) is 2.43. The normalized spacial score (nSPS) is 12.2. The summed E-state index contributed by atoms with van der Waals surface area (Å²) >= 11 is 0. The van der Waals surface area contributed by atoms with Crippen molar-refractivity contribution >= 4 is 0 Å². The molecule has 1 nitrogen and oxygen atoms in total. The van der Waals surface area contributed by atoms with Crippen LogP contribution in [0.4, 0.5) is 0 Å². The van der Waals surface area contributed by atoms with Gasteiger partial charge in [-0.2, -0.15) is 0 Å². The Morgan fingerprint density at radius 2 is 2.00 bits per heavy atom. The molecule has 1 aliphatic heterocycles. The third-order valence-electron chi connectivity index (χ3n) is 1.56. The van der Waals surface area contributed by atoms with Gasteiger partial charge in [0.2, 0.25) is 0 Å². The number of fused-ring (bicyclic) bond motifs is 1. The number of aryl methyl sites for hydroxylation is 2. The van der Waals surface area contributed by atoms with Crippen molar-refractivity contribution in [2.24, 2.45) is 0 Å². The van der Waals surface area contributed by atoms with E-state index in [1.54, 1.807) is 0 Å². The minimum atomic E-state index is 1.06. The van der Waals surface area contributed by atoms with Gasteiger partial charge in [0.15, 0.2) is 11.5 Å². The molecular weight excluding hydrogens is 112 g/mol. The lowest BCUT2D eigenvalue weighted by Crippen LogP contribution is -1.66. The van der Waals surface area contributed by atoms with Gasteiger partial charge >= 0.3 is 0 Å². The molecule has 0 fully saturated rings. The summed E-state index contributed by atoms with van der Waals surface area (Å²) in [4.78, 5) is 0. The molecule has 0 spiro atoms. The highest BCUT2D eigenvalue weighted by molar-refractivity contribution is 5.60. The van der Waals surface area contributed by atoms with Gasteiger partial charge in [-0.1, -0.05) is 6.07 Å². The minimum Gasteiger partial charge on any atom is -0.449 e. The monoisotopic (exact) mass is 120 g/mol. The smallest absolute Gasteiger partial charge is 0.173 e. The highest BCUT2D eigenvalue weighted by atomic mass is 16.6. The van der Waals surface area contributed by atoms with E-state index in [2.05, 4.69) is 26.0 Å². The molecule has 1 heterocycles. The number of ether oxygens (including phenoxy) is 1. The Kier molecular flexibility index (Phi) is 0.699. The van der Waals surface area contributed by atoms with Gasteiger partial charge in [0.1, 0.15) is 0 Å². The van der Waals surface area contributed by atoms with Gasteiger partial charge in [0.05, 0.1) is 0 Å². The van der Waals surface area contributed by atoms with Crippen LogP contribution in [0.3, 0.4) is 0 Å². The average molecular weight is 120 g/mol. The van der Waals surface area contributed by atoms with E-state index in [0.717, 1.165) is 11.5 Å². The van der Waals surface area contributed by atoms with Gasteiger partial charge in [0, 0.05) is 0 Å². The van der Waals surface area contributed by atoms with Crippen molar-refractivity contribution in [2.45, 2.75) is 13.8 Å². The largest absolute Gasteiger partial charge is 0.449 e. The summed E-state index contributed by atoms with van der Waals surface area (Å²) in [5.74, 6) is 2.15. The fourth-order valence-electron chi connectivity index (χ4n) is 1.11. The summed E-state index contributed by atoms with van der Waals surface area (Å²) in [6.45, 7) is 4.15. The third kappa shape index (κ3) is 0.611. The SMILES string of the molecule is Cc1cc(C)c2c(c1)O2. The third-order valence-corrected chi connectivity index (χ3v) is 1.56. The van der Waals surface area contributed by atoms with Crippen LogP contribution in [-0.2, 0) is 0 Å². The van der Waals surface area contributed by atoms with Crippen molar-refractivity contribution in [3.63, 3.8) is 0 Å². The molecule has 0 aromatic heterocycles. The zero-order valence-corrected chi connectivity index (χ0v) is 5.56. The highest BCUT2D eigenvalue weighted by Gasteiger charge is 2.21. The van der Waals surface area contributed by atoms with E-state index in [1.165, 1.54) is 11.1 Å². The predicted molar refractivity (Wildman–Crippen MR) is 36.0 cm³/mol. The lowest BCUT2D eigenvalue weighted by Gasteiger charge is -1.85. The molecule has 0 aliphatic carbocycles. The highest BCUT2D eigenvalue weighted by Crippen LogP contribution is 2.48. The van der Waals surface area contributed by atoms with E-state index in [4.69, 9.17) is 4.74 Å². The molecule has 0 atom stereocenters. The lowest BCUT2D eigenvalue weighted by atomic mass is 10.2. The molecule has 0 radical (unpaired) electrons. The quantitative estimate of drug-likeness (QED) is 0.486. The van der Waals surface area contributed by atoms with Gasteiger partial charge < -0.3 is 4.74 Å². The fourth-order valence-corrected chi connectivity index (χ4v) is 1.11. The molecule has 0 amide bonds. The van der Waals surface area contributed by atoms with Crippen LogP contribution in [0.5, 0.6) is 11.5 Å². The Balaban J connectivity index is 2.67. The summed E-state index contributed by atoms with van der Waals surface area (Å²) in [6, 6.07) is 4.19. The zero-order valence-electron chi connectivity index (χ0n) is 5.56. The topological polar surface area (TPSA) is 12.5 Å². The molecule has 0 unspecified atom stereocenters. The van der Waals surface area contributed by atoms with Crippen LogP contribution < -0.4 is 4.74 Å². The fraction of sp³-hybridized carbons (Fsp3) is 0.250. The Bertz CT molecular complexity index is 263. The molecule has 1 aromatic carbocycles. The molecule has 1 aliphatic rings. The number of hydrogen-bond acceptors (Lipinski definition) is 1. The Morgan fingerprint density at radius 3 is 2.67 bits per heavy atom. The molecule has 0 saturated carbocycles. The lowest BCUT2D eigenvalue weighted by molar-refractivity contribution is 0.646. The number of benzene rings is 1. The first-order valence-corrected chi connectivity index (χ1v) is 3.06. The minimum absolute atomic E-state index is 1.06. The molecule has 0 N–H and O–H groups in total. The van der Waals surface area contributed by atoms with Crippen LogP contribution in [0.1, 0.15) is 11.1 Å². The second-order valence-corrected chi connectivity index (χ2v) is 2.51. The Hall–Kier alpha value is -0.980. The zero-order chi connectivity index (χ0) is 6.43. The van der Waals surface area contributed by atoms with Crippen molar-refractivity contribution in [2.75, 3.05) is 0 Å². The van der Waals surface area contributed by atoms with Crippen LogP contribution in [-0.4, -0.2) is 0 Å². The standard InChI is InChI=1S/C8H8O/c1-5-3-6(2)8-7(4-5)9-8/h3-4H,1-2H3. The Morgan fingerprint density at radius 1 is 1.22 bits per heavy atom. The van der Waals surface area contributed by atoms with Gasteiger partial charge in [0.25, 0.3) is 0 Å². The first-order valence-electron chi connectivity index (χ1n) is 3.06. The molecule has 1 heteroatoms. The van der Waals surface area contributed by atoms with Crippen molar-refractivity contribution in [1.82, 2.24) is 0 Å². The van der Waals surface area contributed by atoms with Crippen LogP contribution in [0, 0.1) is 13.8 Å². The van der Waals surface area contributed by atoms with Crippen molar-refractivity contribution in [3.05, 3.63) is 23.3 Å². The maximum atomic E-state index is 5.15. The van der Waals surface area contributed by atoms with Crippen molar-refractivity contribution in [1.29, 1.82) is 0 Å². The first kappa shape index (κ1) is 4.86. The molecule has 46 valence electrons. The number of hydrogen-bond donors (Lipinski definition) is 0. The molecule has 2 rings (SSSR count). The summed E-state index contributed by atoms with van der Waals surface area (Å²) in [6.07, 6.45) is 0. The van der Waals surface area contributed by atoms with Gasteiger partial charge in [-0.25, -0.2) is 0 Å². The summed E-state index contributed by atoms with van der Waals surface area (Å²) in [7, 11) is 0. The van der Waals surface area contributed by atoms with Gasteiger partial charge in [-0.15, -0.1) is 0 Å². The number of rotatable bonds is 0.